The number of carbonyl (C=O) groups is 1. The molecule has 1 N–H and O–H groups in total. The van der Waals surface area contributed by atoms with Crippen molar-refractivity contribution in [1.82, 2.24) is 0 Å². The van der Waals surface area contributed by atoms with Crippen LogP contribution >= 0.6 is 0 Å². The second-order valence-corrected chi connectivity index (χ2v) is 5.33. The van der Waals surface area contributed by atoms with Gasteiger partial charge in [0.15, 0.2) is 0 Å². The molecule has 3 rings (SSSR count). The quantitative estimate of drug-likeness (QED) is 0.935. The summed E-state index contributed by atoms with van der Waals surface area (Å²) in [4.78, 5) is 12.2. The maximum atomic E-state index is 13.1. The zero-order chi connectivity index (χ0) is 15.7. The van der Waals surface area contributed by atoms with E-state index >= 15 is 0 Å². The number of anilines is 1. The van der Waals surface area contributed by atoms with Crippen LogP contribution in [0.25, 0.3) is 0 Å². The summed E-state index contributed by atoms with van der Waals surface area (Å²) in [6.07, 6.45) is 0.723. The molecular formula is C17H15F2NO2. The molecule has 2 aromatic rings. The van der Waals surface area contributed by atoms with Crippen LogP contribution in [0.3, 0.4) is 0 Å². The minimum Gasteiger partial charge on any atom is -0.494 e. The summed E-state index contributed by atoms with van der Waals surface area (Å²) in [5.74, 6) is -0.620. The van der Waals surface area contributed by atoms with Crippen LogP contribution < -0.4 is 10.1 Å². The summed E-state index contributed by atoms with van der Waals surface area (Å²) in [6.45, 7) is 0. The number of hydrogen-bond donors (Lipinski definition) is 1. The van der Waals surface area contributed by atoms with Crippen LogP contribution in [0.4, 0.5) is 14.5 Å². The van der Waals surface area contributed by atoms with Crippen LogP contribution in [0.5, 0.6) is 5.75 Å². The van der Waals surface area contributed by atoms with Gasteiger partial charge in [-0.25, -0.2) is 8.78 Å². The molecule has 1 saturated carbocycles. The normalized spacial score (nSPS) is 19.6. The van der Waals surface area contributed by atoms with E-state index < -0.39 is 5.82 Å². The fourth-order valence-corrected chi connectivity index (χ4v) is 2.56. The SMILES string of the molecule is COc1cc(F)ccc1NC(=O)[C@H]1C[C@@H]1c1ccc(F)cc1. The van der Waals surface area contributed by atoms with Gasteiger partial charge in [-0.05, 0) is 42.2 Å². The van der Waals surface area contributed by atoms with Gasteiger partial charge in [-0.2, -0.15) is 0 Å². The van der Waals surface area contributed by atoms with Crippen LogP contribution in [0.2, 0.25) is 0 Å². The number of carbonyl (C=O) groups excluding carboxylic acids is 1. The van der Waals surface area contributed by atoms with E-state index in [-0.39, 0.29) is 29.3 Å². The van der Waals surface area contributed by atoms with E-state index in [0.29, 0.717) is 5.69 Å². The molecule has 0 aromatic heterocycles. The van der Waals surface area contributed by atoms with E-state index in [1.807, 2.05) is 0 Å². The van der Waals surface area contributed by atoms with Gasteiger partial charge in [0.05, 0.1) is 12.8 Å². The highest BCUT2D eigenvalue weighted by atomic mass is 19.1. The van der Waals surface area contributed by atoms with Crippen LogP contribution in [0.15, 0.2) is 42.5 Å². The molecule has 0 bridgehead atoms. The minimum atomic E-state index is -0.426. The molecule has 0 saturated heterocycles. The second-order valence-electron chi connectivity index (χ2n) is 5.33. The molecule has 0 unspecified atom stereocenters. The average Bonchev–Trinajstić information content (AvgIpc) is 3.30. The molecule has 0 aliphatic heterocycles. The first-order chi connectivity index (χ1) is 10.6. The molecule has 5 heteroatoms. The third kappa shape index (κ3) is 2.93. The number of hydrogen-bond acceptors (Lipinski definition) is 2. The first-order valence-electron chi connectivity index (χ1n) is 6.98. The molecule has 2 aromatic carbocycles. The van der Waals surface area contributed by atoms with Crippen molar-refractivity contribution in [1.29, 1.82) is 0 Å². The predicted molar refractivity (Wildman–Crippen MR) is 78.8 cm³/mol. The van der Waals surface area contributed by atoms with E-state index in [2.05, 4.69) is 5.32 Å². The van der Waals surface area contributed by atoms with E-state index in [1.54, 1.807) is 12.1 Å². The lowest BCUT2D eigenvalue weighted by Gasteiger charge is -2.10. The topological polar surface area (TPSA) is 38.3 Å². The van der Waals surface area contributed by atoms with E-state index in [4.69, 9.17) is 4.74 Å². The Bertz CT molecular complexity index is 700. The highest BCUT2D eigenvalue weighted by molar-refractivity contribution is 5.96. The zero-order valence-electron chi connectivity index (χ0n) is 12.0. The van der Waals surface area contributed by atoms with Crippen molar-refractivity contribution in [2.45, 2.75) is 12.3 Å². The smallest absolute Gasteiger partial charge is 0.228 e. The Labute approximate surface area is 126 Å². The minimum absolute atomic E-state index is 0.104. The van der Waals surface area contributed by atoms with Gasteiger partial charge in [0.1, 0.15) is 17.4 Å². The highest BCUT2D eigenvalue weighted by Gasteiger charge is 2.44. The number of rotatable bonds is 4. The first-order valence-corrected chi connectivity index (χ1v) is 6.98. The lowest BCUT2D eigenvalue weighted by atomic mass is 10.1. The molecule has 0 spiro atoms. The van der Waals surface area contributed by atoms with Crippen LogP contribution in [0.1, 0.15) is 17.9 Å². The summed E-state index contributed by atoms with van der Waals surface area (Å²) in [5, 5.41) is 2.76. The molecule has 3 nitrogen and oxygen atoms in total. The third-order valence-corrected chi connectivity index (χ3v) is 3.85. The first kappa shape index (κ1) is 14.5. The van der Waals surface area contributed by atoms with Gasteiger partial charge in [0.2, 0.25) is 5.91 Å². The monoisotopic (exact) mass is 303 g/mol. The van der Waals surface area contributed by atoms with Gasteiger partial charge in [0, 0.05) is 12.0 Å². The number of nitrogens with one attached hydrogen (secondary N) is 1. The van der Waals surface area contributed by atoms with Gasteiger partial charge in [-0.1, -0.05) is 12.1 Å². The van der Waals surface area contributed by atoms with Crippen LogP contribution in [0, 0.1) is 17.6 Å². The van der Waals surface area contributed by atoms with Crippen molar-refractivity contribution in [3.05, 3.63) is 59.7 Å². The molecule has 1 fully saturated rings. The fourth-order valence-electron chi connectivity index (χ4n) is 2.56. The molecule has 1 amide bonds. The van der Waals surface area contributed by atoms with Gasteiger partial charge in [-0.3, -0.25) is 4.79 Å². The van der Waals surface area contributed by atoms with Gasteiger partial charge in [-0.15, -0.1) is 0 Å². The lowest BCUT2D eigenvalue weighted by molar-refractivity contribution is -0.117. The second kappa shape index (κ2) is 5.75. The Morgan fingerprint density at radius 3 is 2.50 bits per heavy atom. The Morgan fingerprint density at radius 1 is 1.14 bits per heavy atom. The van der Waals surface area contributed by atoms with Gasteiger partial charge in [0.25, 0.3) is 0 Å². The van der Waals surface area contributed by atoms with Crippen molar-refractivity contribution in [3.63, 3.8) is 0 Å². The molecule has 22 heavy (non-hydrogen) atoms. The lowest BCUT2D eigenvalue weighted by Crippen LogP contribution is -2.15. The molecule has 0 heterocycles. The Hall–Kier alpha value is -2.43. The number of methoxy groups -OCH3 is 1. The van der Waals surface area contributed by atoms with Crippen LogP contribution in [-0.2, 0) is 4.79 Å². The molecule has 1 aliphatic rings. The summed E-state index contributed by atoms with van der Waals surface area (Å²) in [7, 11) is 1.42. The largest absolute Gasteiger partial charge is 0.494 e. The Balaban J connectivity index is 1.68. The van der Waals surface area contributed by atoms with Crippen molar-refractivity contribution in [2.75, 3.05) is 12.4 Å². The predicted octanol–water partition coefficient (Wildman–Crippen LogP) is 3.72. The third-order valence-electron chi connectivity index (χ3n) is 3.85. The summed E-state index contributed by atoms with van der Waals surface area (Å²) >= 11 is 0. The summed E-state index contributed by atoms with van der Waals surface area (Å²) in [6, 6.07) is 10.2. The van der Waals surface area contributed by atoms with E-state index in [9.17, 15) is 13.6 Å². The summed E-state index contributed by atoms with van der Waals surface area (Å²) < 4.78 is 31.1. The van der Waals surface area contributed by atoms with Crippen molar-refractivity contribution < 1.29 is 18.3 Å². The summed E-state index contributed by atoms with van der Waals surface area (Å²) in [5.41, 5.74) is 1.39. The number of benzene rings is 2. The number of halogens is 2. The molecule has 1 aliphatic carbocycles. The molecule has 114 valence electrons. The van der Waals surface area contributed by atoms with Crippen molar-refractivity contribution in [2.24, 2.45) is 5.92 Å². The highest BCUT2D eigenvalue weighted by Crippen LogP contribution is 2.48. The van der Waals surface area contributed by atoms with E-state index in [1.165, 1.54) is 37.4 Å². The molecular weight excluding hydrogens is 288 g/mol. The molecule has 0 radical (unpaired) electrons. The van der Waals surface area contributed by atoms with Gasteiger partial charge < -0.3 is 10.1 Å². The maximum absolute atomic E-state index is 13.1. The Kier molecular flexibility index (Phi) is 3.79. The standard InChI is InChI=1S/C17H15F2NO2/c1-22-16-8-12(19)6-7-15(16)20-17(21)14-9-13(14)10-2-4-11(18)5-3-10/h2-8,13-14H,9H2,1H3,(H,20,21)/t13-,14+/m1/s1. The number of ether oxygens (including phenoxy) is 1. The Morgan fingerprint density at radius 2 is 1.82 bits per heavy atom. The van der Waals surface area contributed by atoms with Crippen molar-refractivity contribution >= 4 is 11.6 Å². The van der Waals surface area contributed by atoms with Gasteiger partial charge >= 0.3 is 0 Å². The van der Waals surface area contributed by atoms with Crippen molar-refractivity contribution in [3.8, 4) is 5.75 Å². The molecule has 2 atom stereocenters. The maximum Gasteiger partial charge on any atom is 0.228 e. The number of amides is 1. The average molecular weight is 303 g/mol. The fraction of sp³-hybridized carbons (Fsp3) is 0.235. The van der Waals surface area contributed by atoms with Crippen LogP contribution in [-0.4, -0.2) is 13.0 Å². The zero-order valence-corrected chi connectivity index (χ0v) is 12.0. The van der Waals surface area contributed by atoms with E-state index in [0.717, 1.165) is 12.0 Å².